The van der Waals surface area contributed by atoms with Crippen LogP contribution >= 0.6 is 0 Å². The maximum absolute atomic E-state index is 15.4. The largest absolute Gasteiger partial charge is 0.465 e. The predicted octanol–water partition coefficient (Wildman–Crippen LogP) is 5.71. The number of amides is 2. The molecule has 1 aromatic heterocycles. The molecule has 1 unspecified atom stereocenters. The Morgan fingerprint density at radius 1 is 0.940 bits per heavy atom. The maximum Gasteiger partial charge on any atom is 0.405 e. The van der Waals surface area contributed by atoms with Crippen molar-refractivity contribution >= 4 is 17.7 Å². The number of ether oxygens (including phenoxy) is 2. The Morgan fingerprint density at radius 2 is 1.58 bits per heavy atom. The fourth-order valence-electron chi connectivity index (χ4n) is 6.51. The fraction of sp³-hybridized carbons (Fsp3) is 0.289. The van der Waals surface area contributed by atoms with Crippen LogP contribution in [0.15, 0.2) is 91.3 Å². The zero-order valence-electron chi connectivity index (χ0n) is 27.0. The summed E-state index contributed by atoms with van der Waals surface area (Å²) in [7, 11) is 0. The summed E-state index contributed by atoms with van der Waals surface area (Å²) in [5.41, 5.74) is 1.16. The number of halogens is 3. The molecule has 3 aromatic carbocycles. The van der Waals surface area contributed by atoms with E-state index in [9.17, 15) is 23.5 Å². The summed E-state index contributed by atoms with van der Waals surface area (Å²) in [5.74, 6) is 2.16. The number of pyridine rings is 1. The smallest absolute Gasteiger partial charge is 0.405 e. The molecule has 0 saturated carbocycles. The lowest BCUT2D eigenvalue weighted by Crippen LogP contribution is -2.57. The van der Waals surface area contributed by atoms with Gasteiger partial charge in [-0.2, -0.15) is 0 Å². The van der Waals surface area contributed by atoms with Gasteiger partial charge in [0.2, 0.25) is 5.91 Å². The highest BCUT2D eigenvalue weighted by atomic mass is 19.1. The molecule has 12 heteroatoms. The van der Waals surface area contributed by atoms with Gasteiger partial charge in [-0.3, -0.25) is 14.7 Å². The molecule has 2 saturated heterocycles. The van der Waals surface area contributed by atoms with E-state index in [1.807, 2.05) is 18.2 Å². The monoisotopic (exact) mass is 684 g/mol. The molecule has 9 nitrogen and oxygen atoms in total. The Bertz CT molecular complexity index is 1810. The van der Waals surface area contributed by atoms with Crippen molar-refractivity contribution in [2.24, 2.45) is 0 Å². The van der Waals surface area contributed by atoms with Crippen molar-refractivity contribution in [2.45, 2.75) is 43.1 Å². The number of rotatable bonds is 8. The first-order valence-electron chi connectivity index (χ1n) is 16.2. The van der Waals surface area contributed by atoms with E-state index in [1.165, 1.54) is 54.7 Å². The first kappa shape index (κ1) is 34.6. The molecule has 2 atom stereocenters. The second kappa shape index (κ2) is 15.6. The highest BCUT2D eigenvalue weighted by molar-refractivity contribution is 5.98. The molecule has 1 spiro atoms. The lowest BCUT2D eigenvalue weighted by atomic mass is 9.84. The average Bonchev–Trinajstić information content (AvgIpc) is 3.10. The van der Waals surface area contributed by atoms with E-state index in [-0.39, 0.29) is 11.3 Å². The molecule has 2 amide bonds. The van der Waals surface area contributed by atoms with Gasteiger partial charge >= 0.3 is 6.09 Å². The topological polar surface area (TPSA) is 113 Å². The van der Waals surface area contributed by atoms with Crippen LogP contribution in [0.25, 0.3) is 0 Å². The molecule has 3 heterocycles. The van der Waals surface area contributed by atoms with Gasteiger partial charge in [0.15, 0.2) is 5.82 Å². The van der Waals surface area contributed by atoms with Crippen LogP contribution < -0.4 is 10.6 Å². The van der Waals surface area contributed by atoms with E-state index in [2.05, 4.69) is 44.5 Å². The number of carbonyl (C=O) groups is 2. The predicted molar refractivity (Wildman–Crippen MR) is 179 cm³/mol. The van der Waals surface area contributed by atoms with E-state index < -0.39 is 53.1 Å². The Balaban J connectivity index is 1.29. The lowest BCUT2D eigenvalue weighted by molar-refractivity contribution is -0.174. The van der Waals surface area contributed by atoms with Gasteiger partial charge in [0.25, 0.3) is 0 Å². The second-order valence-electron chi connectivity index (χ2n) is 12.4. The van der Waals surface area contributed by atoms with Crippen LogP contribution in [0.1, 0.15) is 41.0 Å². The number of morpholine rings is 1. The van der Waals surface area contributed by atoms with Crippen molar-refractivity contribution < 1.29 is 37.3 Å². The van der Waals surface area contributed by atoms with Gasteiger partial charge < -0.3 is 25.2 Å². The molecular weight excluding hydrogens is 649 g/mol. The quantitative estimate of drug-likeness (QED) is 0.204. The van der Waals surface area contributed by atoms with Crippen molar-refractivity contribution in [1.29, 1.82) is 0 Å². The second-order valence-corrected chi connectivity index (χ2v) is 12.4. The van der Waals surface area contributed by atoms with Gasteiger partial charge in [-0.15, -0.1) is 0 Å². The third-order valence-electron chi connectivity index (χ3n) is 8.85. The third-order valence-corrected chi connectivity index (χ3v) is 8.85. The van der Waals surface area contributed by atoms with E-state index >= 15 is 4.39 Å². The third kappa shape index (κ3) is 8.49. The number of nitrogens with one attached hydrogen (secondary N) is 2. The lowest BCUT2D eigenvalue weighted by Gasteiger charge is -2.47. The highest BCUT2D eigenvalue weighted by Gasteiger charge is 2.41. The number of carbonyl (C=O) groups excluding carboxylic acids is 1. The summed E-state index contributed by atoms with van der Waals surface area (Å²) in [6.07, 6.45) is 1.44. The summed E-state index contributed by atoms with van der Waals surface area (Å²) in [4.78, 5) is 32.1. The molecule has 258 valence electrons. The van der Waals surface area contributed by atoms with Crippen LogP contribution in [0.4, 0.5) is 23.7 Å². The van der Waals surface area contributed by atoms with Gasteiger partial charge in [0.05, 0.1) is 29.2 Å². The Hall–Kier alpha value is -5.22. The zero-order valence-corrected chi connectivity index (χ0v) is 27.0. The fourth-order valence-corrected chi connectivity index (χ4v) is 6.51. The van der Waals surface area contributed by atoms with Crippen molar-refractivity contribution in [2.75, 3.05) is 31.6 Å². The van der Waals surface area contributed by atoms with Crippen LogP contribution in [0.2, 0.25) is 0 Å². The molecule has 2 aliphatic heterocycles. The molecule has 2 fully saturated rings. The number of aromatic nitrogens is 1. The number of hydrogen-bond acceptors (Lipinski definition) is 6. The van der Waals surface area contributed by atoms with Gasteiger partial charge in [-0.1, -0.05) is 66.4 Å². The summed E-state index contributed by atoms with van der Waals surface area (Å²) in [6, 6.07) is 18.8. The van der Waals surface area contributed by atoms with Crippen molar-refractivity contribution in [3.8, 4) is 11.8 Å². The number of anilines is 1. The molecule has 0 aliphatic carbocycles. The summed E-state index contributed by atoms with van der Waals surface area (Å²) < 4.78 is 55.3. The highest BCUT2D eigenvalue weighted by Crippen LogP contribution is 2.33. The van der Waals surface area contributed by atoms with Gasteiger partial charge in [0, 0.05) is 51.6 Å². The first-order valence-corrected chi connectivity index (χ1v) is 16.2. The van der Waals surface area contributed by atoms with E-state index in [0.717, 1.165) is 11.8 Å². The summed E-state index contributed by atoms with van der Waals surface area (Å²) >= 11 is 0. The van der Waals surface area contributed by atoms with Crippen LogP contribution in [0, 0.1) is 29.3 Å². The minimum absolute atomic E-state index is 0.0885. The minimum Gasteiger partial charge on any atom is -0.465 e. The molecule has 0 radical (unpaired) electrons. The number of hydrogen-bond donors (Lipinski definition) is 3. The minimum atomic E-state index is -1.52. The SMILES string of the molecule is O=C(O)NC(C(=O)Nc1cncc(F)c1C#C[C@@H]1CN(Cc2ccccc2)CC2(CCOCC2)O1)C(c1ccc(F)cc1)c1ccc(F)cc1. The standard InChI is InChI=1S/C38H35F3N4O5/c39-28-10-6-26(7-11-28)34(27-8-12-29(40)13-9-27)35(44-37(47)48)36(46)43-33-21-42-20-32(41)31(33)15-14-30-23-45(22-25-4-2-1-3-5-25)24-38(50-30)16-18-49-19-17-38/h1-13,20-21,30,34-35,44H,16-19,22-24H2,(H,43,46)(H,47,48)/t30-,35?/m1/s1. The van der Waals surface area contributed by atoms with Crippen molar-refractivity contribution in [3.05, 3.63) is 131 Å². The van der Waals surface area contributed by atoms with E-state index in [1.54, 1.807) is 0 Å². The van der Waals surface area contributed by atoms with E-state index in [4.69, 9.17) is 9.47 Å². The molecular formula is C38H35F3N4O5. The van der Waals surface area contributed by atoms with Crippen molar-refractivity contribution in [1.82, 2.24) is 15.2 Å². The summed E-state index contributed by atoms with van der Waals surface area (Å²) in [6.45, 7) is 2.93. The maximum atomic E-state index is 15.4. The van der Waals surface area contributed by atoms with Gasteiger partial charge in [-0.25, -0.2) is 18.0 Å². The molecule has 6 rings (SSSR count). The first-order chi connectivity index (χ1) is 24.2. The van der Waals surface area contributed by atoms with Crippen molar-refractivity contribution in [3.63, 3.8) is 0 Å². The van der Waals surface area contributed by atoms with Crippen LogP contribution in [0.3, 0.4) is 0 Å². The number of carboxylic acid groups (broad SMARTS) is 1. The average molecular weight is 685 g/mol. The van der Waals surface area contributed by atoms with Crippen LogP contribution in [0.5, 0.6) is 0 Å². The number of benzene rings is 3. The molecule has 2 aliphatic rings. The Kier molecular flexibility index (Phi) is 10.8. The van der Waals surface area contributed by atoms with Crippen LogP contribution in [-0.2, 0) is 20.8 Å². The number of nitrogens with zero attached hydrogens (tertiary/aromatic N) is 2. The molecule has 50 heavy (non-hydrogen) atoms. The van der Waals surface area contributed by atoms with Crippen LogP contribution in [-0.4, -0.2) is 71.0 Å². The zero-order chi connectivity index (χ0) is 35.1. The summed E-state index contributed by atoms with van der Waals surface area (Å²) in [5, 5.41) is 14.6. The van der Waals surface area contributed by atoms with Gasteiger partial charge in [0.1, 0.15) is 23.8 Å². The Morgan fingerprint density at radius 3 is 2.20 bits per heavy atom. The van der Waals surface area contributed by atoms with E-state index in [0.29, 0.717) is 56.8 Å². The Labute approximate surface area is 287 Å². The van der Waals surface area contributed by atoms with Gasteiger partial charge in [-0.05, 0) is 41.0 Å². The molecule has 0 bridgehead atoms. The normalized spacial score (nSPS) is 17.8. The molecule has 4 aromatic rings. The molecule has 3 N–H and O–H groups in total.